The van der Waals surface area contributed by atoms with Crippen molar-refractivity contribution in [3.05, 3.63) is 36.0 Å². The molecule has 5 heteroatoms. The number of carboxylic acid groups (broad SMARTS) is 1. The molecule has 0 bridgehead atoms. The highest BCUT2D eigenvalue weighted by molar-refractivity contribution is 5.87. The van der Waals surface area contributed by atoms with Crippen LogP contribution < -0.4 is 4.74 Å². The van der Waals surface area contributed by atoms with Gasteiger partial charge in [0.05, 0.1) is 7.11 Å². The minimum Gasteiger partial charge on any atom is -0.508 e. The highest BCUT2D eigenvalue weighted by atomic mass is 16.5. The van der Waals surface area contributed by atoms with Crippen molar-refractivity contribution >= 4 is 5.97 Å². The van der Waals surface area contributed by atoms with Crippen LogP contribution in [0.5, 0.6) is 11.5 Å². The van der Waals surface area contributed by atoms with E-state index in [2.05, 4.69) is 4.98 Å². The zero-order valence-electron chi connectivity index (χ0n) is 9.10. The second-order valence-electron chi connectivity index (χ2n) is 3.51. The van der Waals surface area contributed by atoms with Crippen molar-refractivity contribution in [3.8, 4) is 22.8 Å². The summed E-state index contributed by atoms with van der Waals surface area (Å²) in [6, 6.07) is 7.81. The van der Waals surface area contributed by atoms with Gasteiger partial charge in [0.2, 0.25) is 0 Å². The van der Waals surface area contributed by atoms with Crippen LogP contribution in [0.2, 0.25) is 0 Å². The molecule has 0 aliphatic rings. The maximum absolute atomic E-state index is 10.7. The molecular weight excluding hydrogens is 222 g/mol. The number of rotatable bonds is 3. The van der Waals surface area contributed by atoms with Gasteiger partial charge in [-0.3, -0.25) is 0 Å². The Morgan fingerprint density at radius 2 is 2.06 bits per heavy atom. The number of phenolic OH excluding ortho intramolecular Hbond substituents is 1. The lowest BCUT2D eigenvalue weighted by Crippen LogP contribution is -1.95. The number of aromatic carboxylic acids is 1. The first-order chi connectivity index (χ1) is 8.10. The number of hydrogen-bond donors (Lipinski definition) is 3. The lowest BCUT2D eigenvalue weighted by Gasteiger charge is -2.04. The zero-order valence-corrected chi connectivity index (χ0v) is 9.10. The van der Waals surface area contributed by atoms with E-state index in [0.717, 1.165) is 0 Å². The monoisotopic (exact) mass is 233 g/mol. The fraction of sp³-hybridized carbons (Fsp3) is 0.0833. The number of phenols is 1. The van der Waals surface area contributed by atoms with Crippen molar-refractivity contribution in [1.29, 1.82) is 0 Å². The highest BCUT2D eigenvalue weighted by Gasteiger charge is 2.09. The van der Waals surface area contributed by atoms with Crippen LogP contribution in [0.4, 0.5) is 0 Å². The summed E-state index contributed by atoms with van der Waals surface area (Å²) in [6.45, 7) is 0. The standard InChI is InChI=1S/C12H11NO4/c1-17-9-5-7(4-8(14)6-9)10-2-3-11(13-10)12(15)16/h2-6,13-14H,1H3,(H,15,16). The Labute approximate surface area is 97.3 Å². The first-order valence-corrected chi connectivity index (χ1v) is 4.91. The average Bonchev–Trinajstić information content (AvgIpc) is 2.77. The van der Waals surface area contributed by atoms with Crippen LogP contribution in [0, 0.1) is 0 Å². The molecule has 2 aromatic rings. The predicted molar refractivity (Wildman–Crippen MR) is 61.4 cm³/mol. The molecule has 0 unspecified atom stereocenters. The van der Waals surface area contributed by atoms with Crippen LogP contribution in [0.15, 0.2) is 30.3 Å². The number of H-pyrrole nitrogens is 1. The number of aromatic amines is 1. The van der Waals surface area contributed by atoms with Crippen molar-refractivity contribution in [3.63, 3.8) is 0 Å². The molecular formula is C12H11NO4. The van der Waals surface area contributed by atoms with Crippen molar-refractivity contribution in [1.82, 2.24) is 4.98 Å². The number of hydrogen-bond acceptors (Lipinski definition) is 3. The number of aromatic hydroxyl groups is 1. The summed E-state index contributed by atoms with van der Waals surface area (Å²) in [5.41, 5.74) is 1.37. The molecule has 2 rings (SSSR count). The zero-order chi connectivity index (χ0) is 12.4. The van der Waals surface area contributed by atoms with Crippen molar-refractivity contribution in [2.24, 2.45) is 0 Å². The van der Waals surface area contributed by atoms with Crippen LogP contribution >= 0.6 is 0 Å². The Morgan fingerprint density at radius 3 is 2.65 bits per heavy atom. The summed E-state index contributed by atoms with van der Waals surface area (Å²) in [5.74, 6) is -0.458. The van der Waals surface area contributed by atoms with Gasteiger partial charge in [-0.25, -0.2) is 4.79 Å². The van der Waals surface area contributed by atoms with Gasteiger partial charge < -0.3 is 19.9 Å². The maximum atomic E-state index is 10.7. The average molecular weight is 233 g/mol. The van der Waals surface area contributed by atoms with Crippen LogP contribution in [0.1, 0.15) is 10.5 Å². The normalized spacial score (nSPS) is 10.2. The quantitative estimate of drug-likeness (QED) is 0.758. The molecule has 0 saturated carbocycles. The van der Waals surface area contributed by atoms with Crippen molar-refractivity contribution in [2.45, 2.75) is 0 Å². The number of nitrogens with one attached hydrogen (secondary N) is 1. The summed E-state index contributed by atoms with van der Waals surface area (Å²) in [4.78, 5) is 13.5. The van der Waals surface area contributed by atoms with E-state index in [1.807, 2.05) is 0 Å². The Bertz CT molecular complexity index is 559. The third-order valence-electron chi connectivity index (χ3n) is 2.35. The third kappa shape index (κ3) is 2.23. The van der Waals surface area contributed by atoms with E-state index < -0.39 is 5.97 Å². The van der Waals surface area contributed by atoms with Gasteiger partial charge in [0.1, 0.15) is 17.2 Å². The first-order valence-electron chi connectivity index (χ1n) is 4.91. The minimum atomic E-state index is -1.02. The number of carboxylic acids is 1. The number of carbonyl (C=O) groups is 1. The number of aromatic nitrogens is 1. The molecule has 5 nitrogen and oxygen atoms in total. The number of methoxy groups -OCH3 is 1. The Morgan fingerprint density at radius 1 is 1.29 bits per heavy atom. The molecule has 88 valence electrons. The molecule has 1 aromatic heterocycles. The third-order valence-corrected chi connectivity index (χ3v) is 2.35. The molecule has 1 heterocycles. The van der Waals surface area contributed by atoms with Gasteiger partial charge in [-0.15, -0.1) is 0 Å². The summed E-state index contributed by atoms with van der Waals surface area (Å²) >= 11 is 0. The highest BCUT2D eigenvalue weighted by Crippen LogP contribution is 2.28. The van der Waals surface area contributed by atoms with E-state index in [0.29, 0.717) is 17.0 Å². The van der Waals surface area contributed by atoms with E-state index in [1.165, 1.54) is 25.3 Å². The van der Waals surface area contributed by atoms with E-state index >= 15 is 0 Å². The van der Waals surface area contributed by atoms with E-state index in [9.17, 15) is 9.90 Å². The number of ether oxygens (including phenoxy) is 1. The van der Waals surface area contributed by atoms with Gasteiger partial charge in [-0.1, -0.05) is 0 Å². The fourth-order valence-corrected chi connectivity index (χ4v) is 1.54. The van der Waals surface area contributed by atoms with Crippen LogP contribution in [-0.2, 0) is 0 Å². The SMILES string of the molecule is COc1cc(O)cc(-c2ccc(C(=O)O)[nH]2)c1. The van der Waals surface area contributed by atoms with Gasteiger partial charge in [0.25, 0.3) is 0 Å². The Balaban J connectivity index is 2.44. The summed E-state index contributed by atoms with van der Waals surface area (Å²) in [7, 11) is 1.50. The minimum absolute atomic E-state index is 0.0609. The Kier molecular flexibility index (Phi) is 2.74. The molecule has 3 N–H and O–H groups in total. The van der Waals surface area contributed by atoms with Gasteiger partial charge >= 0.3 is 5.97 Å². The smallest absolute Gasteiger partial charge is 0.352 e. The first kappa shape index (κ1) is 11.1. The molecule has 1 aromatic carbocycles. The topological polar surface area (TPSA) is 82.6 Å². The van der Waals surface area contributed by atoms with E-state index in [1.54, 1.807) is 12.1 Å². The summed E-state index contributed by atoms with van der Waals surface area (Å²) in [5, 5.41) is 18.3. The van der Waals surface area contributed by atoms with E-state index in [4.69, 9.17) is 9.84 Å². The van der Waals surface area contributed by atoms with Gasteiger partial charge in [0.15, 0.2) is 0 Å². The molecule has 0 aliphatic carbocycles. The van der Waals surface area contributed by atoms with Gasteiger partial charge in [0, 0.05) is 17.3 Å². The summed E-state index contributed by atoms with van der Waals surface area (Å²) in [6.07, 6.45) is 0. The molecule has 0 atom stereocenters. The largest absolute Gasteiger partial charge is 0.508 e. The Hall–Kier alpha value is -2.43. The van der Waals surface area contributed by atoms with Gasteiger partial charge in [-0.05, 0) is 24.3 Å². The predicted octanol–water partition coefficient (Wildman–Crippen LogP) is 2.09. The fourth-order valence-electron chi connectivity index (χ4n) is 1.54. The second-order valence-corrected chi connectivity index (χ2v) is 3.51. The molecule has 0 amide bonds. The molecule has 0 aliphatic heterocycles. The molecule has 0 radical (unpaired) electrons. The second kappa shape index (κ2) is 4.21. The lowest BCUT2D eigenvalue weighted by molar-refractivity contribution is 0.0691. The molecule has 17 heavy (non-hydrogen) atoms. The van der Waals surface area contributed by atoms with E-state index in [-0.39, 0.29) is 11.4 Å². The van der Waals surface area contributed by atoms with Gasteiger partial charge in [-0.2, -0.15) is 0 Å². The van der Waals surface area contributed by atoms with Crippen molar-refractivity contribution in [2.75, 3.05) is 7.11 Å². The van der Waals surface area contributed by atoms with Crippen LogP contribution in [0.25, 0.3) is 11.3 Å². The molecule has 0 spiro atoms. The summed E-state index contributed by atoms with van der Waals surface area (Å²) < 4.78 is 5.02. The maximum Gasteiger partial charge on any atom is 0.352 e. The molecule has 0 fully saturated rings. The lowest BCUT2D eigenvalue weighted by atomic mass is 10.1. The van der Waals surface area contributed by atoms with Crippen LogP contribution in [-0.4, -0.2) is 28.3 Å². The van der Waals surface area contributed by atoms with Crippen LogP contribution in [0.3, 0.4) is 0 Å². The van der Waals surface area contributed by atoms with Crippen molar-refractivity contribution < 1.29 is 19.7 Å². The number of benzene rings is 1. The molecule has 0 saturated heterocycles.